The molecule has 0 radical (unpaired) electrons. The molecule has 0 amide bonds. The minimum Gasteiger partial charge on any atom is -0.392 e. The summed E-state index contributed by atoms with van der Waals surface area (Å²) in [5.41, 5.74) is 4.33. The van der Waals surface area contributed by atoms with Gasteiger partial charge in [-0.1, -0.05) is 55.8 Å². The van der Waals surface area contributed by atoms with Gasteiger partial charge in [0.25, 0.3) is 0 Å². The molecule has 0 fully saturated rings. The Labute approximate surface area is 218 Å². The average Bonchev–Trinajstić information content (AvgIpc) is 3.48. The predicted octanol–water partition coefficient (Wildman–Crippen LogP) is 4.15. The van der Waals surface area contributed by atoms with Gasteiger partial charge in [-0.2, -0.15) is 0 Å². The first kappa shape index (κ1) is 24.5. The lowest BCUT2D eigenvalue weighted by Gasteiger charge is -2.57. The molecule has 6 heteroatoms. The molecule has 5 aliphatic rings. The minimum absolute atomic E-state index is 0.127. The zero-order valence-electron chi connectivity index (χ0n) is 21.6. The Morgan fingerprint density at radius 1 is 1.16 bits per heavy atom. The van der Waals surface area contributed by atoms with Crippen molar-refractivity contribution in [3.8, 4) is 0 Å². The number of aryl methyl sites for hydroxylation is 1. The van der Waals surface area contributed by atoms with Crippen LogP contribution < -0.4 is 0 Å². The van der Waals surface area contributed by atoms with Crippen LogP contribution in [0.2, 0.25) is 0 Å². The van der Waals surface area contributed by atoms with Crippen LogP contribution in [0.1, 0.15) is 57.9 Å². The van der Waals surface area contributed by atoms with E-state index >= 15 is 0 Å². The largest absolute Gasteiger partial charge is 0.392 e. The number of carbonyl (C=O) groups is 2. The molecule has 0 aromatic heterocycles. The summed E-state index contributed by atoms with van der Waals surface area (Å²) in [5.74, 6) is -0.800. The maximum absolute atomic E-state index is 13.9. The minimum atomic E-state index is -1.56. The second-order valence-electron chi connectivity index (χ2n) is 11.4. The van der Waals surface area contributed by atoms with E-state index in [2.05, 4.69) is 12.1 Å². The lowest BCUT2D eigenvalue weighted by atomic mass is 9.52. The maximum atomic E-state index is 13.9. The number of fused-ring (bicyclic) bond motifs is 5. The van der Waals surface area contributed by atoms with E-state index in [4.69, 9.17) is 4.84 Å². The number of benzene rings is 1. The van der Waals surface area contributed by atoms with E-state index in [1.165, 1.54) is 16.7 Å². The predicted molar refractivity (Wildman–Crippen MR) is 139 cm³/mol. The van der Waals surface area contributed by atoms with Crippen molar-refractivity contribution in [2.75, 3.05) is 13.2 Å². The highest BCUT2D eigenvalue weighted by atomic mass is 16.7. The molecule has 0 unspecified atom stereocenters. The van der Waals surface area contributed by atoms with Crippen molar-refractivity contribution in [1.82, 2.24) is 5.06 Å². The lowest BCUT2D eigenvalue weighted by molar-refractivity contribution is -0.250. The molecule has 1 heterocycles. The van der Waals surface area contributed by atoms with Gasteiger partial charge in [0, 0.05) is 29.0 Å². The molecule has 1 aromatic carbocycles. The molecule has 194 valence electrons. The summed E-state index contributed by atoms with van der Waals surface area (Å²) in [6, 6.07) is 10.3. The van der Waals surface area contributed by atoms with Gasteiger partial charge < -0.3 is 10.2 Å². The number of ketones is 2. The third kappa shape index (κ3) is 3.49. The van der Waals surface area contributed by atoms with Crippen LogP contribution in [0.5, 0.6) is 0 Å². The first-order chi connectivity index (χ1) is 17.8. The Kier molecular flexibility index (Phi) is 5.90. The zero-order valence-corrected chi connectivity index (χ0v) is 21.6. The summed E-state index contributed by atoms with van der Waals surface area (Å²) in [4.78, 5) is 34.2. The van der Waals surface area contributed by atoms with Gasteiger partial charge in [-0.15, -0.1) is 0 Å². The number of carbonyl (C=O) groups excluding carboxylic acids is 2. The number of nitrogens with zero attached hydrogens (tertiary/aromatic N) is 1. The van der Waals surface area contributed by atoms with Gasteiger partial charge >= 0.3 is 0 Å². The molecule has 6 nitrogen and oxygen atoms in total. The second kappa shape index (κ2) is 8.90. The molecule has 1 aromatic rings. The van der Waals surface area contributed by atoms with Crippen molar-refractivity contribution in [2.24, 2.45) is 11.3 Å². The Bertz CT molecular complexity index is 1290. The van der Waals surface area contributed by atoms with Crippen LogP contribution in [0.3, 0.4) is 0 Å². The summed E-state index contributed by atoms with van der Waals surface area (Å²) in [7, 11) is 0. The average molecular weight is 502 g/mol. The fourth-order valence-electron chi connectivity index (χ4n) is 7.37. The summed E-state index contributed by atoms with van der Waals surface area (Å²) in [6.45, 7) is 3.62. The van der Waals surface area contributed by atoms with E-state index in [0.29, 0.717) is 24.1 Å². The highest BCUT2D eigenvalue weighted by molar-refractivity contribution is 6.12. The van der Waals surface area contributed by atoms with E-state index in [1.54, 1.807) is 12.2 Å². The quantitative estimate of drug-likeness (QED) is 0.609. The number of allylic oxidation sites excluding steroid dienone is 3. The number of aliphatic hydroxyl groups excluding tert-OH is 2. The topological polar surface area (TPSA) is 87.1 Å². The Morgan fingerprint density at radius 2 is 1.95 bits per heavy atom. The summed E-state index contributed by atoms with van der Waals surface area (Å²) in [5, 5.41) is 23.1. The molecule has 0 spiro atoms. The molecule has 0 saturated heterocycles. The van der Waals surface area contributed by atoms with E-state index in [0.717, 1.165) is 43.4 Å². The molecular formula is C31H35NO5. The van der Waals surface area contributed by atoms with Gasteiger partial charge in [-0.25, -0.2) is 0 Å². The van der Waals surface area contributed by atoms with Crippen LogP contribution in [0, 0.1) is 11.3 Å². The molecule has 0 saturated carbocycles. The number of Topliss-reactive ketones (excluding diaryl/α,β-unsaturated/α-hetero) is 1. The third-order valence-electron chi connectivity index (χ3n) is 9.27. The van der Waals surface area contributed by atoms with E-state index in [-0.39, 0.29) is 18.1 Å². The molecule has 0 bridgehead atoms. The second-order valence-corrected chi connectivity index (χ2v) is 11.4. The van der Waals surface area contributed by atoms with Crippen LogP contribution >= 0.6 is 0 Å². The number of rotatable bonds is 6. The van der Waals surface area contributed by atoms with Crippen molar-refractivity contribution in [3.05, 3.63) is 81.6 Å². The normalized spacial score (nSPS) is 32.5. The molecule has 1 aliphatic heterocycles. The van der Waals surface area contributed by atoms with Crippen LogP contribution in [-0.4, -0.2) is 51.7 Å². The van der Waals surface area contributed by atoms with Gasteiger partial charge in [-0.3, -0.25) is 19.5 Å². The van der Waals surface area contributed by atoms with Crippen molar-refractivity contribution < 1.29 is 24.6 Å². The smallest absolute Gasteiger partial charge is 0.198 e. The van der Waals surface area contributed by atoms with Crippen LogP contribution in [0.4, 0.5) is 0 Å². The molecule has 4 aliphatic carbocycles. The molecule has 4 atom stereocenters. The first-order valence-electron chi connectivity index (χ1n) is 13.6. The van der Waals surface area contributed by atoms with Gasteiger partial charge in [0.2, 0.25) is 0 Å². The van der Waals surface area contributed by atoms with E-state index in [1.807, 2.05) is 37.1 Å². The van der Waals surface area contributed by atoms with Crippen LogP contribution in [0.25, 0.3) is 0 Å². The highest BCUT2D eigenvalue weighted by Crippen LogP contribution is 2.62. The fourth-order valence-corrected chi connectivity index (χ4v) is 7.37. The number of hydrogen-bond acceptors (Lipinski definition) is 6. The molecular weight excluding hydrogens is 466 g/mol. The van der Waals surface area contributed by atoms with Gasteiger partial charge in [0.1, 0.15) is 6.61 Å². The van der Waals surface area contributed by atoms with Gasteiger partial charge in [0.15, 0.2) is 17.2 Å². The molecule has 6 rings (SSSR count). The fraction of sp³-hybridized carbons (Fsp3) is 0.484. The lowest BCUT2D eigenvalue weighted by Crippen LogP contribution is -2.66. The number of hydroxylamine groups is 2. The Morgan fingerprint density at radius 3 is 2.70 bits per heavy atom. The van der Waals surface area contributed by atoms with Crippen LogP contribution in [0.15, 0.2) is 76.0 Å². The van der Waals surface area contributed by atoms with Crippen molar-refractivity contribution in [2.45, 2.75) is 70.5 Å². The third-order valence-corrected chi connectivity index (χ3v) is 9.27. The zero-order chi connectivity index (χ0) is 25.9. The molecule has 37 heavy (non-hydrogen) atoms. The number of hydrogen-bond donors (Lipinski definition) is 2. The van der Waals surface area contributed by atoms with Crippen molar-refractivity contribution >= 4 is 11.6 Å². The first-order valence-corrected chi connectivity index (χ1v) is 13.6. The SMILES string of the molecule is C[C@H]1C=C2C(=O)C=C3C4=C(C5=C(CCC5)C4)N(CCCc4ccccc4)O[C@]3(C(=O)CO)[C@@]2(C)C[C@@H]1O. The molecule has 2 N–H and O–H groups in total. The van der Waals surface area contributed by atoms with E-state index in [9.17, 15) is 19.8 Å². The van der Waals surface area contributed by atoms with Crippen molar-refractivity contribution in [1.29, 1.82) is 0 Å². The van der Waals surface area contributed by atoms with Gasteiger partial charge in [0.05, 0.1) is 11.8 Å². The summed E-state index contributed by atoms with van der Waals surface area (Å²) < 4.78 is 0. The number of aliphatic hydroxyl groups is 2. The maximum Gasteiger partial charge on any atom is 0.198 e. The van der Waals surface area contributed by atoms with Crippen molar-refractivity contribution in [3.63, 3.8) is 0 Å². The van der Waals surface area contributed by atoms with Gasteiger partial charge in [-0.05, 0) is 67.7 Å². The monoisotopic (exact) mass is 501 g/mol. The Hall–Kier alpha value is -2.80. The summed E-state index contributed by atoms with van der Waals surface area (Å²) in [6.07, 6.45) is 8.36. The van der Waals surface area contributed by atoms with E-state index < -0.39 is 29.5 Å². The highest BCUT2D eigenvalue weighted by Gasteiger charge is 2.67. The summed E-state index contributed by atoms with van der Waals surface area (Å²) >= 11 is 0. The Balaban J connectivity index is 1.48. The van der Waals surface area contributed by atoms with Crippen LogP contribution in [-0.2, 0) is 20.8 Å². The standard InChI is InChI=1S/C31H35NO5/c1-19-14-25-26(34)16-24-23-15-21-11-6-12-22(21)29(23)32(13-7-10-20-8-4-3-5-9-20)37-31(24,28(36)18-33)30(25,2)17-27(19)35/h3-5,8-9,14,16,19,27,33,35H,6-7,10-13,15,17-18H2,1-2H3/t19-,27-,30-,31+/m0/s1.